The summed E-state index contributed by atoms with van der Waals surface area (Å²) in [5.41, 5.74) is 8.15. The Morgan fingerprint density at radius 2 is 1.89 bits per heavy atom. The van der Waals surface area contributed by atoms with Gasteiger partial charge < -0.3 is 9.47 Å². The Balaban J connectivity index is 1.73. The van der Waals surface area contributed by atoms with E-state index in [0.29, 0.717) is 0 Å². The largest absolute Gasteiger partial charge is 0.344 e. The van der Waals surface area contributed by atoms with Crippen molar-refractivity contribution in [3.63, 3.8) is 0 Å². The Morgan fingerprint density at radius 1 is 1.07 bits per heavy atom. The van der Waals surface area contributed by atoms with Crippen molar-refractivity contribution >= 4 is 38.8 Å². The van der Waals surface area contributed by atoms with Crippen LogP contribution < -0.4 is 4.90 Å². The molecule has 0 aliphatic carbocycles. The van der Waals surface area contributed by atoms with Crippen LogP contribution in [-0.4, -0.2) is 21.0 Å². The normalized spacial score (nSPS) is 11.0. The molecule has 0 bridgehead atoms. The monoisotopic (exact) mass is 452 g/mol. The van der Waals surface area contributed by atoms with Crippen LogP contribution in [0.4, 0.5) is 11.4 Å². The van der Waals surface area contributed by atoms with Gasteiger partial charge in [0.1, 0.15) is 0 Å². The Morgan fingerprint density at radius 3 is 2.54 bits per heavy atom. The van der Waals surface area contributed by atoms with E-state index in [9.17, 15) is 0 Å². The molecule has 0 amide bonds. The molecule has 0 saturated heterocycles. The van der Waals surface area contributed by atoms with Gasteiger partial charge in [-0.2, -0.15) is 4.37 Å². The average molecular weight is 453 g/mol. The molecule has 6 heteroatoms. The number of halogens is 1. The second-order valence-electron chi connectivity index (χ2n) is 6.87. The van der Waals surface area contributed by atoms with E-state index in [2.05, 4.69) is 94.4 Å². The Kier molecular flexibility index (Phi) is 5.08. The van der Waals surface area contributed by atoms with Gasteiger partial charge in [-0.3, -0.25) is 0 Å². The van der Waals surface area contributed by atoms with Gasteiger partial charge in [0.2, 0.25) is 0 Å². The average Bonchev–Trinajstić information content (AvgIpc) is 3.32. The highest BCUT2D eigenvalue weighted by Crippen LogP contribution is 2.36. The zero-order chi connectivity index (χ0) is 19.8. The van der Waals surface area contributed by atoms with Crippen LogP contribution in [0.15, 0.2) is 59.6 Å². The van der Waals surface area contributed by atoms with E-state index in [-0.39, 0.29) is 0 Å². The highest BCUT2D eigenvalue weighted by molar-refractivity contribution is 9.10. The molecule has 28 heavy (non-hydrogen) atoms. The SMILES string of the molecule is Cc1ccc(-c2c(C)nsc2C)cc1N(C)c1ccc(-n2ccnc2)c(Br)c1. The summed E-state index contributed by atoms with van der Waals surface area (Å²) in [4.78, 5) is 7.61. The van der Waals surface area contributed by atoms with E-state index < -0.39 is 0 Å². The first-order chi connectivity index (χ1) is 13.5. The molecule has 4 aromatic rings. The molecule has 4 nitrogen and oxygen atoms in total. The second kappa shape index (κ2) is 7.53. The van der Waals surface area contributed by atoms with E-state index in [0.717, 1.165) is 21.5 Å². The minimum absolute atomic E-state index is 1.03. The Labute approximate surface area is 177 Å². The molecule has 0 radical (unpaired) electrons. The van der Waals surface area contributed by atoms with Crippen molar-refractivity contribution in [1.29, 1.82) is 0 Å². The van der Waals surface area contributed by atoms with Gasteiger partial charge in [-0.25, -0.2) is 4.98 Å². The van der Waals surface area contributed by atoms with Crippen molar-refractivity contribution in [3.8, 4) is 16.8 Å². The van der Waals surface area contributed by atoms with E-state index in [4.69, 9.17) is 0 Å². The lowest BCUT2D eigenvalue weighted by Crippen LogP contribution is -2.11. The van der Waals surface area contributed by atoms with E-state index in [1.807, 2.05) is 10.8 Å². The van der Waals surface area contributed by atoms with E-state index >= 15 is 0 Å². The van der Waals surface area contributed by atoms with Crippen molar-refractivity contribution in [2.45, 2.75) is 20.8 Å². The minimum atomic E-state index is 1.03. The standard InChI is InChI=1S/C22H21BrN4S/c1-14-5-6-17(22-15(2)25-28-16(22)3)11-21(14)26(4)18-7-8-20(19(23)12-18)27-10-9-24-13-27/h5-13H,1-4H3. The van der Waals surface area contributed by atoms with Crippen LogP contribution in [0.25, 0.3) is 16.8 Å². The van der Waals surface area contributed by atoms with Gasteiger partial charge in [0.15, 0.2) is 0 Å². The first-order valence-electron chi connectivity index (χ1n) is 9.01. The first kappa shape index (κ1) is 18.9. The van der Waals surface area contributed by atoms with Gasteiger partial charge in [-0.1, -0.05) is 12.1 Å². The number of nitrogens with zero attached hydrogens (tertiary/aromatic N) is 4. The molecule has 2 aromatic heterocycles. The van der Waals surface area contributed by atoms with Crippen LogP contribution in [0.3, 0.4) is 0 Å². The highest BCUT2D eigenvalue weighted by atomic mass is 79.9. The zero-order valence-corrected chi connectivity index (χ0v) is 18.7. The van der Waals surface area contributed by atoms with E-state index in [1.54, 1.807) is 24.1 Å². The summed E-state index contributed by atoms with van der Waals surface area (Å²) >= 11 is 5.28. The van der Waals surface area contributed by atoms with Crippen LogP contribution in [0.2, 0.25) is 0 Å². The van der Waals surface area contributed by atoms with Gasteiger partial charge in [0.05, 0.1) is 17.7 Å². The van der Waals surface area contributed by atoms with Gasteiger partial charge >= 0.3 is 0 Å². The molecule has 4 rings (SSSR count). The van der Waals surface area contributed by atoms with Gasteiger partial charge in [-0.15, -0.1) is 0 Å². The van der Waals surface area contributed by atoms with Crippen LogP contribution in [0.1, 0.15) is 16.1 Å². The lowest BCUT2D eigenvalue weighted by Gasteiger charge is -2.23. The molecule has 0 spiro atoms. The van der Waals surface area contributed by atoms with E-state index in [1.165, 1.54) is 27.3 Å². The number of aromatic nitrogens is 3. The fraction of sp³-hybridized carbons (Fsp3) is 0.182. The predicted octanol–water partition coefficient (Wildman–Crippen LogP) is 6.45. The summed E-state index contributed by atoms with van der Waals surface area (Å²) in [7, 11) is 2.11. The van der Waals surface area contributed by atoms with Gasteiger partial charge in [0.25, 0.3) is 0 Å². The fourth-order valence-corrected chi connectivity index (χ4v) is 4.77. The number of anilines is 2. The Hall–Kier alpha value is -2.44. The lowest BCUT2D eigenvalue weighted by atomic mass is 10.0. The maximum absolute atomic E-state index is 4.51. The third-order valence-corrected chi connectivity index (χ3v) is 6.47. The molecule has 0 saturated carbocycles. The zero-order valence-electron chi connectivity index (χ0n) is 16.3. The molecule has 2 heterocycles. The van der Waals surface area contributed by atoms with Gasteiger partial charge in [0, 0.05) is 45.7 Å². The summed E-state index contributed by atoms with van der Waals surface area (Å²) in [6.07, 6.45) is 5.53. The van der Waals surface area contributed by atoms with Crippen molar-refractivity contribution in [2.75, 3.05) is 11.9 Å². The third-order valence-electron chi connectivity index (χ3n) is 4.99. The maximum atomic E-state index is 4.51. The van der Waals surface area contributed by atoms with Crippen LogP contribution in [-0.2, 0) is 0 Å². The molecule has 0 aliphatic heterocycles. The summed E-state index contributed by atoms with van der Waals surface area (Å²) < 4.78 is 7.53. The quantitative estimate of drug-likeness (QED) is 0.356. The summed E-state index contributed by atoms with van der Waals surface area (Å²) in [6, 6.07) is 13.0. The van der Waals surface area contributed by atoms with Crippen LogP contribution >= 0.6 is 27.5 Å². The lowest BCUT2D eigenvalue weighted by molar-refractivity contribution is 1.05. The van der Waals surface area contributed by atoms with Crippen molar-refractivity contribution in [3.05, 3.63) is 75.7 Å². The number of rotatable bonds is 4. The summed E-state index contributed by atoms with van der Waals surface area (Å²) in [5.74, 6) is 0. The third kappa shape index (κ3) is 3.38. The molecule has 0 unspecified atom stereocenters. The fourth-order valence-electron chi connectivity index (χ4n) is 3.48. The molecule has 0 N–H and O–H groups in total. The van der Waals surface area contributed by atoms with Crippen LogP contribution in [0, 0.1) is 20.8 Å². The molecule has 2 aromatic carbocycles. The predicted molar refractivity (Wildman–Crippen MR) is 121 cm³/mol. The number of hydrogen-bond donors (Lipinski definition) is 0. The molecule has 0 atom stereocenters. The maximum Gasteiger partial charge on any atom is 0.0992 e. The van der Waals surface area contributed by atoms with Crippen molar-refractivity contribution < 1.29 is 0 Å². The van der Waals surface area contributed by atoms with Crippen molar-refractivity contribution in [2.24, 2.45) is 0 Å². The number of benzene rings is 2. The minimum Gasteiger partial charge on any atom is -0.344 e. The Bertz CT molecular complexity index is 1110. The molecule has 0 aliphatic rings. The smallest absolute Gasteiger partial charge is 0.0992 e. The number of aryl methyl sites for hydroxylation is 3. The molecule has 0 fully saturated rings. The number of imidazole rings is 1. The summed E-state index contributed by atoms with van der Waals surface area (Å²) in [5, 5.41) is 0. The van der Waals surface area contributed by atoms with Crippen LogP contribution in [0.5, 0.6) is 0 Å². The van der Waals surface area contributed by atoms with Crippen molar-refractivity contribution in [1.82, 2.24) is 13.9 Å². The molecule has 142 valence electrons. The highest BCUT2D eigenvalue weighted by Gasteiger charge is 2.14. The molecular formula is C22H21BrN4S. The topological polar surface area (TPSA) is 34.0 Å². The second-order valence-corrected chi connectivity index (χ2v) is 8.70. The first-order valence-corrected chi connectivity index (χ1v) is 10.6. The number of hydrogen-bond acceptors (Lipinski definition) is 4. The summed E-state index contributed by atoms with van der Waals surface area (Å²) in [6.45, 7) is 6.36. The van der Waals surface area contributed by atoms with Gasteiger partial charge in [-0.05, 0) is 83.6 Å². The molecular weight excluding hydrogens is 432 g/mol.